The van der Waals surface area contributed by atoms with Gasteiger partial charge in [0.2, 0.25) is 0 Å². The molecule has 0 aliphatic heterocycles. The fraction of sp³-hybridized carbons (Fsp3) is 0.312. The molecule has 0 N–H and O–H groups in total. The summed E-state index contributed by atoms with van der Waals surface area (Å²) in [6.45, 7) is 0. The third-order valence-corrected chi connectivity index (χ3v) is 3.52. The molecule has 1 aliphatic rings. The molecule has 0 bridgehead atoms. The number of ketones is 1. The minimum atomic E-state index is -0.246. The minimum absolute atomic E-state index is 0.245. The number of benzene rings is 2. The quantitative estimate of drug-likeness (QED) is 0.799. The van der Waals surface area contributed by atoms with E-state index in [1.54, 1.807) is 0 Å². The van der Waals surface area contributed by atoms with E-state index < -0.39 is 0 Å². The first-order valence-corrected chi connectivity index (χ1v) is 6.52. The summed E-state index contributed by atoms with van der Waals surface area (Å²) in [5, 5.41) is 2.23. The Labute approximate surface area is 107 Å². The number of carbonyl (C=O) groups excluding carboxylic acids is 1. The summed E-state index contributed by atoms with van der Waals surface area (Å²) in [6.07, 6.45) is 3.36. The highest BCUT2D eigenvalue weighted by Gasteiger charge is 2.24. The van der Waals surface area contributed by atoms with Crippen molar-refractivity contribution < 1.29 is 9.53 Å². The molecule has 0 radical (unpaired) electrons. The van der Waals surface area contributed by atoms with Crippen molar-refractivity contribution in [2.75, 3.05) is 0 Å². The van der Waals surface area contributed by atoms with Gasteiger partial charge in [-0.3, -0.25) is 4.79 Å². The van der Waals surface area contributed by atoms with E-state index in [0.29, 0.717) is 6.42 Å². The van der Waals surface area contributed by atoms with Crippen molar-refractivity contribution >= 4 is 16.6 Å². The smallest absolute Gasteiger partial charge is 0.173 e. The normalized spacial score (nSPS) is 20.0. The molecule has 1 saturated carbocycles. The molecule has 1 aliphatic carbocycles. The summed E-state index contributed by atoms with van der Waals surface area (Å²) in [5.74, 6) is 1.07. The molecule has 0 heterocycles. The predicted molar refractivity (Wildman–Crippen MR) is 71.8 cm³/mol. The van der Waals surface area contributed by atoms with Crippen molar-refractivity contribution in [1.82, 2.24) is 0 Å². The van der Waals surface area contributed by atoms with Gasteiger partial charge >= 0.3 is 0 Å². The van der Waals surface area contributed by atoms with Crippen LogP contribution in [-0.2, 0) is 4.79 Å². The van der Waals surface area contributed by atoms with Gasteiger partial charge in [-0.05, 0) is 30.7 Å². The van der Waals surface area contributed by atoms with Crippen LogP contribution in [0.1, 0.15) is 25.7 Å². The molecule has 18 heavy (non-hydrogen) atoms. The number of fused-ring (bicyclic) bond motifs is 1. The molecule has 0 unspecified atom stereocenters. The summed E-state index contributed by atoms with van der Waals surface area (Å²) >= 11 is 0. The van der Waals surface area contributed by atoms with Crippen molar-refractivity contribution in [3.63, 3.8) is 0 Å². The highest BCUT2D eigenvalue weighted by atomic mass is 16.5. The topological polar surface area (TPSA) is 26.3 Å². The Bertz CT molecular complexity index is 569. The molecular formula is C16H16O2. The Hall–Kier alpha value is -1.83. The van der Waals surface area contributed by atoms with Crippen LogP contribution in [0.4, 0.5) is 0 Å². The van der Waals surface area contributed by atoms with Crippen LogP contribution in [0.25, 0.3) is 10.8 Å². The van der Waals surface area contributed by atoms with E-state index >= 15 is 0 Å². The lowest BCUT2D eigenvalue weighted by Gasteiger charge is -2.22. The molecule has 92 valence electrons. The number of hydrogen-bond acceptors (Lipinski definition) is 2. The lowest BCUT2D eigenvalue weighted by Crippen LogP contribution is -2.30. The maximum atomic E-state index is 11.8. The highest BCUT2D eigenvalue weighted by Crippen LogP contribution is 2.28. The molecule has 2 aromatic rings. The summed E-state index contributed by atoms with van der Waals surface area (Å²) in [7, 11) is 0. The predicted octanol–water partition coefficient (Wildman–Crippen LogP) is 3.73. The van der Waals surface area contributed by atoms with Crippen LogP contribution >= 0.6 is 0 Å². The molecule has 2 heteroatoms. The Morgan fingerprint density at radius 1 is 1.00 bits per heavy atom. The van der Waals surface area contributed by atoms with Crippen LogP contribution < -0.4 is 4.74 Å². The van der Waals surface area contributed by atoms with Crippen molar-refractivity contribution in [3.8, 4) is 5.75 Å². The van der Waals surface area contributed by atoms with Crippen LogP contribution in [0.5, 0.6) is 5.75 Å². The fourth-order valence-corrected chi connectivity index (χ4v) is 2.53. The van der Waals surface area contributed by atoms with Gasteiger partial charge in [-0.15, -0.1) is 0 Å². The molecule has 0 spiro atoms. The molecule has 1 atom stereocenters. The fourth-order valence-electron chi connectivity index (χ4n) is 2.53. The van der Waals surface area contributed by atoms with E-state index in [2.05, 4.69) is 12.1 Å². The second kappa shape index (κ2) is 4.81. The monoisotopic (exact) mass is 240 g/mol. The van der Waals surface area contributed by atoms with E-state index in [1.165, 1.54) is 0 Å². The molecule has 2 aromatic carbocycles. The SMILES string of the molecule is O=C1CCCC[C@@H]1Oc1cccc2ccccc12. The molecular weight excluding hydrogens is 224 g/mol. The summed E-state index contributed by atoms with van der Waals surface area (Å²) in [4.78, 5) is 11.8. The Balaban J connectivity index is 1.92. The van der Waals surface area contributed by atoms with Crippen molar-refractivity contribution in [1.29, 1.82) is 0 Å². The van der Waals surface area contributed by atoms with Crippen molar-refractivity contribution in [2.24, 2.45) is 0 Å². The lowest BCUT2D eigenvalue weighted by atomic mass is 9.96. The van der Waals surface area contributed by atoms with E-state index in [1.807, 2.05) is 30.3 Å². The molecule has 0 aromatic heterocycles. The van der Waals surface area contributed by atoms with Gasteiger partial charge in [0.25, 0.3) is 0 Å². The minimum Gasteiger partial charge on any atom is -0.482 e. The van der Waals surface area contributed by atoms with Crippen molar-refractivity contribution in [2.45, 2.75) is 31.8 Å². The number of rotatable bonds is 2. The van der Waals surface area contributed by atoms with Crippen molar-refractivity contribution in [3.05, 3.63) is 42.5 Å². The van der Waals surface area contributed by atoms with Gasteiger partial charge in [0, 0.05) is 11.8 Å². The lowest BCUT2D eigenvalue weighted by molar-refractivity contribution is -0.127. The summed E-state index contributed by atoms with van der Waals surface area (Å²) in [6, 6.07) is 14.1. The third-order valence-electron chi connectivity index (χ3n) is 3.52. The molecule has 2 nitrogen and oxygen atoms in total. The number of Topliss-reactive ketones (excluding diaryl/α,β-unsaturated/α-hetero) is 1. The molecule has 0 saturated heterocycles. The molecule has 3 rings (SSSR count). The zero-order valence-electron chi connectivity index (χ0n) is 10.3. The Kier molecular flexibility index (Phi) is 3.01. The summed E-state index contributed by atoms with van der Waals surface area (Å²) < 4.78 is 5.93. The average Bonchev–Trinajstić information content (AvgIpc) is 2.42. The Morgan fingerprint density at radius 2 is 1.83 bits per heavy atom. The first-order chi connectivity index (χ1) is 8.84. The number of carbonyl (C=O) groups is 1. The van der Waals surface area contributed by atoms with Gasteiger partial charge in [0.05, 0.1) is 0 Å². The van der Waals surface area contributed by atoms with Crippen LogP contribution in [0.3, 0.4) is 0 Å². The summed E-state index contributed by atoms with van der Waals surface area (Å²) in [5.41, 5.74) is 0. The van der Waals surface area contributed by atoms with Gasteiger partial charge in [-0.2, -0.15) is 0 Å². The first-order valence-electron chi connectivity index (χ1n) is 6.52. The van der Waals surface area contributed by atoms with Crippen LogP contribution in [0, 0.1) is 0 Å². The number of ether oxygens (including phenoxy) is 1. The average molecular weight is 240 g/mol. The van der Waals surface area contributed by atoms with Gasteiger partial charge in [0.1, 0.15) is 5.75 Å². The standard InChI is InChI=1S/C16H16O2/c17-14-9-3-4-10-16(14)18-15-11-5-7-12-6-1-2-8-13(12)15/h1-2,5-8,11,16H,3-4,9-10H2/t16-/m0/s1. The maximum Gasteiger partial charge on any atom is 0.173 e. The van der Waals surface area contributed by atoms with Gasteiger partial charge < -0.3 is 4.74 Å². The zero-order chi connectivity index (χ0) is 12.4. The van der Waals surface area contributed by atoms with Gasteiger partial charge in [-0.1, -0.05) is 36.4 Å². The van der Waals surface area contributed by atoms with Gasteiger partial charge in [0.15, 0.2) is 11.9 Å². The van der Waals surface area contributed by atoms with E-state index in [-0.39, 0.29) is 11.9 Å². The first kappa shape index (κ1) is 11.3. The van der Waals surface area contributed by atoms with Crippen LogP contribution in [-0.4, -0.2) is 11.9 Å². The second-order valence-corrected chi connectivity index (χ2v) is 4.80. The van der Waals surface area contributed by atoms with E-state index in [4.69, 9.17) is 4.74 Å². The zero-order valence-corrected chi connectivity index (χ0v) is 10.3. The Morgan fingerprint density at radius 3 is 2.72 bits per heavy atom. The van der Waals surface area contributed by atoms with E-state index in [9.17, 15) is 4.79 Å². The third kappa shape index (κ3) is 2.10. The molecule has 1 fully saturated rings. The van der Waals surface area contributed by atoms with Crippen LogP contribution in [0.15, 0.2) is 42.5 Å². The number of hydrogen-bond donors (Lipinski definition) is 0. The van der Waals surface area contributed by atoms with Crippen LogP contribution in [0.2, 0.25) is 0 Å². The van der Waals surface area contributed by atoms with E-state index in [0.717, 1.165) is 35.8 Å². The highest BCUT2D eigenvalue weighted by molar-refractivity contribution is 5.89. The van der Waals surface area contributed by atoms with Gasteiger partial charge in [-0.25, -0.2) is 0 Å². The second-order valence-electron chi connectivity index (χ2n) is 4.80. The largest absolute Gasteiger partial charge is 0.482 e. The maximum absolute atomic E-state index is 11.8. The molecule has 0 amide bonds.